The first kappa shape index (κ1) is 17.5. The Bertz CT molecular complexity index is 658. The highest BCUT2D eigenvalue weighted by atomic mass is 32.2. The number of halogens is 1. The van der Waals surface area contributed by atoms with Crippen LogP contribution in [0.5, 0.6) is 0 Å². The van der Waals surface area contributed by atoms with E-state index in [4.69, 9.17) is 4.84 Å². The van der Waals surface area contributed by atoms with E-state index >= 15 is 0 Å². The van der Waals surface area contributed by atoms with E-state index in [1.54, 1.807) is 0 Å². The lowest BCUT2D eigenvalue weighted by molar-refractivity contribution is -0.388. The zero-order valence-corrected chi connectivity index (χ0v) is 13.0. The van der Waals surface area contributed by atoms with E-state index in [1.165, 1.54) is 13.8 Å². The maximum atomic E-state index is 13.6. The SMILES string of the molecule is Cc1cc(F)c([N+](=O)[O-])c(C)c1S(=O)(=O)NOCC(C)C. The van der Waals surface area contributed by atoms with Crippen LogP contribution in [0.3, 0.4) is 0 Å². The van der Waals surface area contributed by atoms with E-state index in [-0.39, 0.29) is 28.5 Å². The summed E-state index contributed by atoms with van der Waals surface area (Å²) in [5.41, 5.74) is -1.06. The molecule has 0 unspecified atom stereocenters. The van der Waals surface area contributed by atoms with Crippen molar-refractivity contribution in [2.24, 2.45) is 5.92 Å². The first-order chi connectivity index (χ1) is 9.58. The molecule has 0 saturated carbocycles. The molecule has 0 fully saturated rings. The van der Waals surface area contributed by atoms with E-state index in [0.29, 0.717) is 0 Å². The first-order valence-corrected chi connectivity index (χ1v) is 7.64. The number of nitrogens with zero attached hydrogens (tertiary/aromatic N) is 1. The lowest BCUT2D eigenvalue weighted by Crippen LogP contribution is -2.27. The minimum absolute atomic E-state index is 0.0660. The Kier molecular flexibility index (Phi) is 5.37. The van der Waals surface area contributed by atoms with Gasteiger partial charge in [-0.25, -0.2) is 8.42 Å². The Morgan fingerprint density at radius 3 is 2.48 bits per heavy atom. The number of sulfonamides is 1. The number of hydrogen-bond donors (Lipinski definition) is 1. The van der Waals surface area contributed by atoms with Crippen molar-refractivity contribution >= 4 is 15.7 Å². The highest BCUT2D eigenvalue weighted by Crippen LogP contribution is 2.30. The highest BCUT2D eigenvalue weighted by Gasteiger charge is 2.29. The van der Waals surface area contributed by atoms with Crippen LogP contribution < -0.4 is 4.89 Å². The van der Waals surface area contributed by atoms with E-state index in [9.17, 15) is 22.9 Å². The quantitative estimate of drug-likeness (QED) is 0.640. The predicted octanol–water partition coefficient (Wildman–Crippen LogP) is 2.22. The Labute approximate surface area is 122 Å². The van der Waals surface area contributed by atoms with Crippen molar-refractivity contribution in [2.45, 2.75) is 32.6 Å². The van der Waals surface area contributed by atoms with Gasteiger partial charge in [0.05, 0.1) is 22.0 Å². The van der Waals surface area contributed by atoms with Crippen LogP contribution in [0, 0.1) is 35.7 Å². The van der Waals surface area contributed by atoms with Gasteiger partial charge in [0, 0.05) is 0 Å². The maximum Gasteiger partial charge on any atom is 0.309 e. The number of nitrogens with one attached hydrogen (secondary N) is 1. The number of nitro groups is 1. The fourth-order valence-corrected chi connectivity index (χ4v) is 3.15. The fraction of sp³-hybridized carbons (Fsp3) is 0.500. The summed E-state index contributed by atoms with van der Waals surface area (Å²) in [5, 5.41) is 10.9. The van der Waals surface area contributed by atoms with Crippen molar-refractivity contribution in [3.05, 3.63) is 33.1 Å². The molecule has 9 heteroatoms. The Morgan fingerprint density at radius 2 is 2.00 bits per heavy atom. The first-order valence-electron chi connectivity index (χ1n) is 6.15. The van der Waals surface area contributed by atoms with Gasteiger partial charge in [-0.2, -0.15) is 4.39 Å². The second-order valence-electron chi connectivity index (χ2n) is 5.03. The average Bonchev–Trinajstić information content (AvgIpc) is 2.25. The Hall–Kier alpha value is -1.58. The van der Waals surface area contributed by atoms with E-state index in [0.717, 1.165) is 6.07 Å². The summed E-state index contributed by atoms with van der Waals surface area (Å²) in [6.07, 6.45) is 0. The maximum absolute atomic E-state index is 13.6. The summed E-state index contributed by atoms with van der Waals surface area (Å²) in [6.45, 7) is 6.34. The molecule has 7 nitrogen and oxygen atoms in total. The molecule has 0 amide bonds. The fourth-order valence-electron chi connectivity index (χ4n) is 1.86. The molecule has 1 aromatic carbocycles. The van der Waals surface area contributed by atoms with Crippen LogP contribution >= 0.6 is 0 Å². The zero-order valence-electron chi connectivity index (χ0n) is 12.1. The molecular formula is C12H17FN2O5S. The van der Waals surface area contributed by atoms with Crippen LogP contribution in [0.15, 0.2) is 11.0 Å². The van der Waals surface area contributed by atoms with Crippen molar-refractivity contribution in [3.8, 4) is 0 Å². The molecule has 0 heterocycles. The standard InChI is InChI=1S/C12H17FN2O5S/c1-7(2)6-20-14-21(18,19)12-8(3)5-10(13)11(9(12)4)15(16)17/h5,7,14H,6H2,1-4H3. The van der Waals surface area contributed by atoms with Crippen molar-refractivity contribution in [2.75, 3.05) is 6.61 Å². The molecule has 0 radical (unpaired) electrons. The van der Waals surface area contributed by atoms with Crippen LogP contribution in [-0.4, -0.2) is 19.9 Å². The molecule has 118 valence electrons. The third kappa shape index (κ3) is 3.96. The largest absolute Gasteiger partial charge is 0.309 e. The normalized spacial score (nSPS) is 11.9. The van der Waals surface area contributed by atoms with Gasteiger partial charge in [0.2, 0.25) is 5.82 Å². The second kappa shape index (κ2) is 6.46. The predicted molar refractivity (Wildman–Crippen MR) is 73.6 cm³/mol. The van der Waals surface area contributed by atoms with Gasteiger partial charge >= 0.3 is 5.69 Å². The van der Waals surface area contributed by atoms with Crippen LogP contribution in [-0.2, 0) is 14.9 Å². The van der Waals surface area contributed by atoms with Gasteiger partial charge in [-0.3, -0.25) is 15.0 Å². The van der Waals surface area contributed by atoms with Crippen LogP contribution in [0.25, 0.3) is 0 Å². The third-order valence-corrected chi connectivity index (χ3v) is 4.16. The minimum Gasteiger partial charge on any atom is -0.287 e. The third-order valence-electron chi connectivity index (χ3n) is 2.66. The summed E-state index contributed by atoms with van der Waals surface area (Å²) >= 11 is 0. The number of benzene rings is 1. The molecule has 0 aliphatic carbocycles. The lowest BCUT2D eigenvalue weighted by atomic mass is 10.1. The van der Waals surface area contributed by atoms with E-state index in [2.05, 4.69) is 0 Å². The van der Waals surface area contributed by atoms with Gasteiger partial charge in [0.15, 0.2) is 0 Å². The van der Waals surface area contributed by atoms with Crippen molar-refractivity contribution in [3.63, 3.8) is 0 Å². The molecule has 0 aromatic heterocycles. The monoisotopic (exact) mass is 320 g/mol. The number of hydrogen-bond acceptors (Lipinski definition) is 5. The topological polar surface area (TPSA) is 98.5 Å². The summed E-state index contributed by atoms with van der Waals surface area (Å²) in [5.74, 6) is -0.977. The summed E-state index contributed by atoms with van der Waals surface area (Å²) in [4.78, 5) is 16.3. The van der Waals surface area contributed by atoms with Crippen molar-refractivity contribution in [1.29, 1.82) is 0 Å². The zero-order chi connectivity index (χ0) is 16.4. The van der Waals surface area contributed by atoms with E-state index in [1.807, 2.05) is 18.7 Å². The molecule has 21 heavy (non-hydrogen) atoms. The summed E-state index contributed by atoms with van der Waals surface area (Å²) in [7, 11) is -4.13. The highest BCUT2D eigenvalue weighted by molar-refractivity contribution is 7.89. The molecule has 1 rings (SSSR count). The smallest absolute Gasteiger partial charge is 0.287 e. The number of nitro benzene ring substituents is 1. The van der Waals surface area contributed by atoms with E-state index < -0.39 is 26.5 Å². The van der Waals surface area contributed by atoms with Gasteiger partial charge in [0.25, 0.3) is 10.0 Å². The Morgan fingerprint density at radius 1 is 1.43 bits per heavy atom. The van der Waals surface area contributed by atoms with Crippen LogP contribution in [0.2, 0.25) is 0 Å². The molecule has 1 aromatic rings. The molecule has 0 atom stereocenters. The average molecular weight is 320 g/mol. The van der Waals surface area contributed by atoms with Crippen molar-refractivity contribution in [1.82, 2.24) is 4.89 Å². The second-order valence-corrected chi connectivity index (χ2v) is 6.61. The van der Waals surface area contributed by atoms with Gasteiger partial charge in [-0.1, -0.05) is 18.7 Å². The molecule has 0 aliphatic rings. The molecule has 0 saturated heterocycles. The number of rotatable bonds is 6. The van der Waals surface area contributed by atoms with Crippen molar-refractivity contribution < 1.29 is 22.6 Å². The molecule has 0 spiro atoms. The molecule has 1 N–H and O–H groups in total. The minimum atomic E-state index is -4.13. The lowest BCUT2D eigenvalue weighted by Gasteiger charge is -2.13. The van der Waals surface area contributed by atoms with Crippen LogP contribution in [0.1, 0.15) is 25.0 Å². The molecular weight excluding hydrogens is 303 g/mol. The van der Waals surface area contributed by atoms with Gasteiger partial charge in [-0.15, -0.1) is 0 Å². The van der Waals surface area contributed by atoms with Gasteiger partial charge in [0.1, 0.15) is 0 Å². The van der Waals surface area contributed by atoms with Gasteiger partial charge < -0.3 is 0 Å². The van der Waals surface area contributed by atoms with Gasteiger partial charge in [-0.05, 0) is 31.4 Å². The molecule has 0 aliphatic heterocycles. The van der Waals surface area contributed by atoms with Crippen LogP contribution in [0.4, 0.5) is 10.1 Å². The summed E-state index contributed by atoms with van der Waals surface area (Å²) in [6, 6.07) is 0.822. The Balaban J connectivity index is 3.29. The number of aryl methyl sites for hydroxylation is 1. The molecule has 0 bridgehead atoms. The summed E-state index contributed by atoms with van der Waals surface area (Å²) < 4.78 is 37.9.